The lowest BCUT2D eigenvalue weighted by atomic mass is 10.1. The van der Waals surface area contributed by atoms with Gasteiger partial charge in [0.2, 0.25) is 0 Å². The summed E-state index contributed by atoms with van der Waals surface area (Å²) in [6, 6.07) is 0. The highest BCUT2D eigenvalue weighted by molar-refractivity contribution is 14.0. The molecule has 0 saturated carbocycles. The van der Waals surface area contributed by atoms with Crippen molar-refractivity contribution >= 4 is 29.9 Å². The van der Waals surface area contributed by atoms with Crippen LogP contribution in [0.2, 0.25) is 0 Å². The molecule has 0 radical (unpaired) electrons. The second kappa shape index (κ2) is 9.11. The predicted octanol–water partition coefficient (Wildman–Crippen LogP) is 1.94. The Morgan fingerprint density at radius 3 is 2.68 bits per heavy atom. The maximum Gasteiger partial charge on any atom is 0.435 e. The number of morpholine rings is 1. The molecule has 8 nitrogen and oxygen atoms in total. The van der Waals surface area contributed by atoms with Crippen molar-refractivity contribution in [3.05, 3.63) is 35.4 Å². The molecular weight excluding hydrogens is 490 g/mol. The van der Waals surface area contributed by atoms with Gasteiger partial charge in [0, 0.05) is 57.8 Å². The van der Waals surface area contributed by atoms with Crippen LogP contribution in [-0.2, 0) is 31.6 Å². The lowest BCUT2D eigenvalue weighted by Crippen LogP contribution is -2.48. The summed E-state index contributed by atoms with van der Waals surface area (Å²) >= 11 is 0. The maximum atomic E-state index is 13.1. The Morgan fingerprint density at radius 1 is 1.32 bits per heavy atom. The monoisotopic (exact) mass is 513 g/mol. The van der Waals surface area contributed by atoms with Crippen molar-refractivity contribution in [2.24, 2.45) is 19.1 Å². The topological polar surface area (TPSA) is 72.5 Å². The predicted molar refractivity (Wildman–Crippen MR) is 107 cm³/mol. The van der Waals surface area contributed by atoms with E-state index in [1.165, 1.54) is 13.2 Å². The fraction of sp³-hybridized carbons (Fsp3) is 0.562. The third kappa shape index (κ3) is 5.16. The van der Waals surface area contributed by atoms with Gasteiger partial charge in [0.25, 0.3) is 0 Å². The van der Waals surface area contributed by atoms with Crippen LogP contribution in [0.25, 0.3) is 0 Å². The summed E-state index contributed by atoms with van der Waals surface area (Å²) in [6.07, 6.45) is 0.327. The molecule has 1 N–H and O–H groups in total. The lowest BCUT2D eigenvalue weighted by molar-refractivity contribution is -0.142. The van der Waals surface area contributed by atoms with Crippen LogP contribution in [0.5, 0.6) is 0 Å². The number of halogens is 4. The van der Waals surface area contributed by atoms with Crippen LogP contribution in [0.4, 0.5) is 13.2 Å². The van der Waals surface area contributed by atoms with Gasteiger partial charge in [-0.25, -0.2) is 0 Å². The zero-order valence-corrected chi connectivity index (χ0v) is 18.1. The maximum absolute atomic E-state index is 13.1. The van der Waals surface area contributed by atoms with E-state index < -0.39 is 11.9 Å². The summed E-state index contributed by atoms with van der Waals surface area (Å²) in [7, 11) is 4.90. The molecule has 28 heavy (non-hydrogen) atoms. The first-order chi connectivity index (χ1) is 12.8. The molecule has 2 aromatic heterocycles. The van der Waals surface area contributed by atoms with E-state index in [4.69, 9.17) is 4.74 Å². The van der Waals surface area contributed by atoms with Gasteiger partial charge >= 0.3 is 6.18 Å². The molecule has 12 heteroatoms. The van der Waals surface area contributed by atoms with Crippen LogP contribution in [0, 0.1) is 0 Å². The fourth-order valence-corrected chi connectivity index (χ4v) is 3.06. The Balaban J connectivity index is 0.00000280. The highest BCUT2D eigenvalue weighted by atomic mass is 127. The Morgan fingerprint density at radius 2 is 2.07 bits per heavy atom. The van der Waals surface area contributed by atoms with Crippen molar-refractivity contribution in [2.45, 2.75) is 18.8 Å². The van der Waals surface area contributed by atoms with E-state index in [0.717, 1.165) is 10.2 Å². The number of aryl methyl sites for hydroxylation is 2. The number of guanidine groups is 1. The van der Waals surface area contributed by atoms with E-state index >= 15 is 0 Å². The van der Waals surface area contributed by atoms with Crippen molar-refractivity contribution in [1.82, 2.24) is 29.8 Å². The molecule has 1 aliphatic heterocycles. The van der Waals surface area contributed by atoms with Crippen LogP contribution in [0.1, 0.15) is 22.9 Å². The summed E-state index contributed by atoms with van der Waals surface area (Å²) in [4.78, 5) is 6.17. The Hall–Kier alpha value is -1.83. The molecule has 1 atom stereocenters. The summed E-state index contributed by atoms with van der Waals surface area (Å²) in [5.41, 5.74) is 0.135. The first kappa shape index (κ1) is 22.5. The number of rotatable bonds is 3. The molecule has 0 bridgehead atoms. The number of aromatic nitrogens is 4. The molecule has 1 saturated heterocycles. The molecule has 2 aromatic rings. The third-order valence-electron chi connectivity index (χ3n) is 4.28. The average Bonchev–Trinajstić information content (AvgIpc) is 3.21. The Labute approximate surface area is 177 Å². The molecule has 1 unspecified atom stereocenters. The van der Waals surface area contributed by atoms with Crippen molar-refractivity contribution < 1.29 is 17.9 Å². The SMILES string of the molecule is CN=C(NCc1cn(C)nc1C(F)(F)F)N1CCOC(c2cnn(C)c2)C1.I. The second-order valence-corrected chi connectivity index (χ2v) is 6.33. The molecule has 3 rings (SSSR count). The zero-order valence-electron chi connectivity index (χ0n) is 15.8. The van der Waals surface area contributed by atoms with Gasteiger partial charge < -0.3 is 15.0 Å². The number of aliphatic imine (C=N–C) groups is 1. The van der Waals surface area contributed by atoms with E-state index in [-0.39, 0.29) is 42.2 Å². The summed E-state index contributed by atoms with van der Waals surface area (Å²) in [5.74, 6) is 0.518. The summed E-state index contributed by atoms with van der Waals surface area (Å²) in [5, 5.41) is 10.7. The minimum absolute atomic E-state index is 0. The number of ether oxygens (including phenoxy) is 1. The standard InChI is InChI=1S/C16H22F3N7O.HI/c1-20-15(21-6-12-9-25(3)23-14(12)16(17,18)19)26-4-5-27-13(10-26)11-7-22-24(2)8-11;/h7-9,13H,4-6,10H2,1-3H3,(H,20,21);1H. The van der Waals surface area contributed by atoms with Gasteiger partial charge in [0.1, 0.15) is 6.10 Å². The van der Waals surface area contributed by atoms with Crippen LogP contribution in [-0.4, -0.2) is 57.2 Å². The highest BCUT2D eigenvalue weighted by Crippen LogP contribution is 2.30. The Kier molecular flexibility index (Phi) is 7.31. The molecule has 0 aliphatic carbocycles. The molecule has 3 heterocycles. The quantitative estimate of drug-likeness (QED) is 0.386. The van der Waals surface area contributed by atoms with Gasteiger partial charge in [0.05, 0.1) is 19.3 Å². The van der Waals surface area contributed by atoms with E-state index in [9.17, 15) is 13.2 Å². The van der Waals surface area contributed by atoms with E-state index in [1.54, 1.807) is 17.9 Å². The summed E-state index contributed by atoms with van der Waals surface area (Å²) in [6.45, 7) is 1.59. The number of hydrogen-bond donors (Lipinski definition) is 1. The average molecular weight is 513 g/mol. The first-order valence-electron chi connectivity index (χ1n) is 8.43. The van der Waals surface area contributed by atoms with Crippen LogP contribution in [0.15, 0.2) is 23.6 Å². The zero-order chi connectivity index (χ0) is 19.6. The second-order valence-electron chi connectivity index (χ2n) is 6.33. The minimum atomic E-state index is -4.49. The van der Waals surface area contributed by atoms with Gasteiger partial charge in [-0.2, -0.15) is 23.4 Å². The molecule has 156 valence electrons. The molecule has 0 spiro atoms. The molecule has 1 fully saturated rings. The number of hydrogen-bond acceptors (Lipinski definition) is 4. The molecule has 1 aliphatic rings. The molecule has 0 aromatic carbocycles. The normalized spacial score (nSPS) is 18.1. The van der Waals surface area contributed by atoms with Gasteiger partial charge in [-0.1, -0.05) is 0 Å². The first-order valence-corrected chi connectivity index (χ1v) is 8.43. The van der Waals surface area contributed by atoms with Gasteiger partial charge in [-0.05, 0) is 0 Å². The lowest BCUT2D eigenvalue weighted by Gasteiger charge is -2.34. The van der Waals surface area contributed by atoms with E-state index in [0.29, 0.717) is 25.7 Å². The largest absolute Gasteiger partial charge is 0.435 e. The van der Waals surface area contributed by atoms with Crippen LogP contribution in [0.3, 0.4) is 0 Å². The third-order valence-corrected chi connectivity index (χ3v) is 4.28. The van der Waals surface area contributed by atoms with Gasteiger partial charge in [0.15, 0.2) is 11.7 Å². The minimum Gasteiger partial charge on any atom is -0.370 e. The van der Waals surface area contributed by atoms with E-state index in [1.807, 2.05) is 18.1 Å². The van der Waals surface area contributed by atoms with Gasteiger partial charge in [-0.3, -0.25) is 14.4 Å². The molecular formula is C16H23F3IN7O. The number of nitrogens with zero attached hydrogens (tertiary/aromatic N) is 6. The number of alkyl halides is 3. The fourth-order valence-electron chi connectivity index (χ4n) is 3.06. The highest BCUT2D eigenvalue weighted by Gasteiger charge is 2.37. The van der Waals surface area contributed by atoms with Crippen LogP contribution < -0.4 is 5.32 Å². The Bertz CT molecular complexity index is 818. The van der Waals surface area contributed by atoms with Crippen molar-refractivity contribution in [2.75, 3.05) is 26.7 Å². The van der Waals surface area contributed by atoms with Gasteiger partial charge in [-0.15, -0.1) is 24.0 Å². The van der Waals surface area contributed by atoms with Crippen molar-refractivity contribution in [3.8, 4) is 0 Å². The van der Waals surface area contributed by atoms with E-state index in [2.05, 4.69) is 20.5 Å². The van der Waals surface area contributed by atoms with Crippen molar-refractivity contribution in [1.29, 1.82) is 0 Å². The van der Waals surface area contributed by atoms with Crippen LogP contribution >= 0.6 is 24.0 Å². The number of nitrogens with one attached hydrogen (secondary N) is 1. The molecule has 0 amide bonds. The smallest absolute Gasteiger partial charge is 0.370 e. The summed E-state index contributed by atoms with van der Waals surface area (Å²) < 4.78 is 47.9. The van der Waals surface area contributed by atoms with Crippen molar-refractivity contribution in [3.63, 3.8) is 0 Å².